The van der Waals surface area contributed by atoms with Crippen LogP contribution < -0.4 is 4.74 Å². The highest BCUT2D eigenvalue weighted by atomic mass is 79.9. The summed E-state index contributed by atoms with van der Waals surface area (Å²) in [6.45, 7) is 2.49. The summed E-state index contributed by atoms with van der Waals surface area (Å²) < 4.78 is 5.34. The Bertz CT molecular complexity index is 276. The third-order valence-electron chi connectivity index (χ3n) is 1.56. The maximum atomic E-state index is 5.75. The number of hydrogen-bond donors (Lipinski definition) is 0. The van der Waals surface area contributed by atoms with E-state index < -0.39 is 0 Å². The highest BCUT2D eigenvalue weighted by Crippen LogP contribution is 2.11. The van der Waals surface area contributed by atoms with Crippen LogP contribution in [0.5, 0.6) is 6.01 Å². The zero-order chi connectivity index (χ0) is 10.4. The van der Waals surface area contributed by atoms with Crippen LogP contribution >= 0.6 is 27.5 Å². The average Bonchev–Trinajstić information content (AvgIpc) is 2.11. The largest absolute Gasteiger partial charge is 0.463 e. The first-order chi connectivity index (χ1) is 6.72. The summed E-state index contributed by atoms with van der Waals surface area (Å²) in [5, 5.41) is 1.42. The fourth-order valence-electron chi connectivity index (χ4n) is 0.929. The van der Waals surface area contributed by atoms with Crippen LogP contribution in [0.15, 0.2) is 6.07 Å². The van der Waals surface area contributed by atoms with E-state index in [-0.39, 0.29) is 0 Å². The summed E-state index contributed by atoms with van der Waals surface area (Å²) in [5.74, 6) is 0. The number of alkyl halides is 1. The van der Waals surface area contributed by atoms with Gasteiger partial charge in [-0.3, -0.25) is 0 Å². The molecule has 5 heteroatoms. The van der Waals surface area contributed by atoms with Gasteiger partial charge >= 0.3 is 6.01 Å². The fraction of sp³-hybridized carbons (Fsp3) is 0.556. The summed E-state index contributed by atoms with van der Waals surface area (Å²) in [6, 6.07) is 2.07. The van der Waals surface area contributed by atoms with Gasteiger partial charge in [-0.1, -0.05) is 27.5 Å². The van der Waals surface area contributed by atoms with Crippen molar-refractivity contribution in [2.75, 3.05) is 11.9 Å². The molecule has 0 aliphatic rings. The van der Waals surface area contributed by atoms with Gasteiger partial charge in [0.15, 0.2) is 0 Å². The van der Waals surface area contributed by atoms with Crippen molar-refractivity contribution in [2.24, 2.45) is 0 Å². The van der Waals surface area contributed by atoms with Crippen molar-refractivity contribution in [1.29, 1.82) is 0 Å². The number of unbranched alkanes of at least 4 members (excludes halogenated alkanes) is 1. The summed E-state index contributed by atoms with van der Waals surface area (Å²) in [5.41, 5.74) is 0.820. The molecule has 0 aliphatic heterocycles. The molecule has 1 aromatic heterocycles. The summed E-state index contributed by atoms with van der Waals surface area (Å²) in [7, 11) is 0. The smallest absolute Gasteiger partial charge is 0.318 e. The Kier molecular flexibility index (Phi) is 5.19. The summed E-state index contributed by atoms with van der Waals surface area (Å²) >= 11 is 9.10. The van der Waals surface area contributed by atoms with Crippen LogP contribution in [0.4, 0.5) is 0 Å². The van der Waals surface area contributed by atoms with Crippen molar-refractivity contribution < 1.29 is 4.74 Å². The van der Waals surface area contributed by atoms with Crippen LogP contribution in [0.3, 0.4) is 0 Å². The molecule has 0 spiro atoms. The maximum absolute atomic E-state index is 5.75. The lowest BCUT2D eigenvalue weighted by Crippen LogP contribution is -2.02. The molecule has 0 atom stereocenters. The van der Waals surface area contributed by atoms with Crippen molar-refractivity contribution in [3.8, 4) is 6.01 Å². The normalized spacial score (nSPS) is 10.2. The second-order valence-corrected chi connectivity index (χ2v) is 4.04. The van der Waals surface area contributed by atoms with Crippen molar-refractivity contribution in [3.05, 3.63) is 16.9 Å². The summed E-state index contributed by atoms with van der Waals surface area (Å²) in [6.07, 6.45) is 2.07. The molecule has 0 N–H and O–H groups in total. The van der Waals surface area contributed by atoms with Crippen LogP contribution in [0, 0.1) is 6.92 Å². The highest BCUT2D eigenvalue weighted by Gasteiger charge is 2.00. The second kappa shape index (κ2) is 6.19. The first-order valence-corrected chi connectivity index (χ1v) is 5.92. The predicted molar refractivity (Wildman–Crippen MR) is 60.3 cm³/mol. The SMILES string of the molecule is Cc1cc(Cl)nc(OCCCCBr)n1. The van der Waals surface area contributed by atoms with E-state index in [9.17, 15) is 0 Å². The van der Waals surface area contributed by atoms with Gasteiger partial charge in [0.25, 0.3) is 0 Å². The summed E-state index contributed by atoms with van der Waals surface area (Å²) in [4.78, 5) is 8.05. The topological polar surface area (TPSA) is 35.0 Å². The molecule has 0 aromatic carbocycles. The molecule has 78 valence electrons. The third kappa shape index (κ3) is 4.24. The zero-order valence-electron chi connectivity index (χ0n) is 7.96. The Morgan fingerprint density at radius 3 is 2.86 bits per heavy atom. The van der Waals surface area contributed by atoms with Gasteiger partial charge in [-0.2, -0.15) is 4.98 Å². The molecule has 1 aromatic rings. The van der Waals surface area contributed by atoms with E-state index in [1.807, 2.05) is 6.92 Å². The van der Waals surface area contributed by atoms with Gasteiger partial charge < -0.3 is 4.74 Å². The van der Waals surface area contributed by atoms with E-state index >= 15 is 0 Å². The van der Waals surface area contributed by atoms with E-state index in [4.69, 9.17) is 16.3 Å². The van der Waals surface area contributed by atoms with E-state index in [0.717, 1.165) is 23.9 Å². The molecular formula is C9H12BrClN2O. The van der Waals surface area contributed by atoms with Gasteiger partial charge in [0.1, 0.15) is 5.15 Å². The molecule has 1 rings (SSSR count). The molecule has 0 radical (unpaired) electrons. The van der Waals surface area contributed by atoms with Gasteiger partial charge in [0.05, 0.1) is 6.61 Å². The quantitative estimate of drug-likeness (QED) is 0.472. The number of ether oxygens (including phenoxy) is 1. The van der Waals surface area contributed by atoms with Crippen LogP contribution in [0.1, 0.15) is 18.5 Å². The van der Waals surface area contributed by atoms with Crippen LogP contribution in [0.2, 0.25) is 5.15 Å². The van der Waals surface area contributed by atoms with E-state index in [1.54, 1.807) is 6.07 Å². The van der Waals surface area contributed by atoms with Crippen LogP contribution in [0.25, 0.3) is 0 Å². The van der Waals surface area contributed by atoms with E-state index in [1.165, 1.54) is 0 Å². The van der Waals surface area contributed by atoms with Crippen molar-refractivity contribution in [2.45, 2.75) is 19.8 Å². The third-order valence-corrected chi connectivity index (χ3v) is 2.32. The molecule has 0 saturated heterocycles. The second-order valence-electron chi connectivity index (χ2n) is 2.86. The van der Waals surface area contributed by atoms with Gasteiger partial charge in [0.2, 0.25) is 0 Å². The zero-order valence-corrected chi connectivity index (χ0v) is 10.3. The van der Waals surface area contributed by atoms with Crippen LogP contribution in [-0.4, -0.2) is 21.9 Å². The molecule has 14 heavy (non-hydrogen) atoms. The van der Waals surface area contributed by atoms with Gasteiger partial charge in [-0.15, -0.1) is 0 Å². The van der Waals surface area contributed by atoms with Crippen molar-refractivity contribution >= 4 is 27.5 Å². The molecule has 0 amide bonds. The Labute approximate surface area is 97.0 Å². The minimum Gasteiger partial charge on any atom is -0.463 e. The molecule has 0 bridgehead atoms. The van der Waals surface area contributed by atoms with E-state index in [0.29, 0.717) is 17.8 Å². The Morgan fingerprint density at radius 1 is 1.43 bits per heavy atom. The minimum atomic E-state index is 0.365. The number of nitrogens with zero attached hydrogens (tertiary/aromatic N) is 2. The average molecular weight is 280 g/mol. The standard InChI is InChI=1S/C9H12BrClN2O/c1-7-6-8(11)13-9(12-7)14-5-3-2-4-10/h6H,2-5H2,1H3. The number of rotatable bonds is 5. The molecule has 0 saturated carbocycles. The number of hydrogen-bond acceptors (Lipinski definition) is 3. The number of aromatic nitrogens is 2. The van der Waals surface area contributed by atoms with Gasteiger partial charge in [-0.25, -0.2) is 4.98 Å². The molecule has 3 nitrogen and oxygen atoms in total. The molecule has 0 aliphatic carbocycles. The number of aryl methyl sites for hydroxylation is 1. The molecule has 0 fully saturated rings. The maximum Gasteiger partial charge on any atom is 0.318 e. The molecular weight excluding hydrogens is 267 g/mol. The highest BCUT2D eigenvalue weighted by molar-refractivity contribution is 9.09. The van der Waals surface area contributed by atoms with Crippen molar-refractivity contribution in [3.63, 3.8) is 0 Å². The lowest BCUT2D eigenvalue weighted by Gasteiger charge is -2.04. The fourth-order valence-corrected chi connectivity index (χ4v) is 1.56. The van der Waals surface area contributed by atoms with Crippen LogP contribution in [-0.2, 0) is 0 Å². The minimum absolute atomic E-state index is 0.365. The monoisotopic (exact) mass is 278 g/mol. The lowest BCUT2D eigenvalue weighted by atomic mass is 10.4. The Morgan fingerprint density at radius 2 is 2.21 bits per heavy atom. The first kappa shape index (κ1) is 11.7. The van der Waals surface area contributed by atoms with Gasteiger partial charge in [-0.05, 0) is 25.8 Å². The molecule has 0 unspecified atom stereocenters. The Balaban J connectivity index is 2.42. The number of halogens is 2. The lowest BCUT2D eigenvalue weighted by molar-refractivity contribution is 0.285. The van der Waals surface area contributed by atoms with Gasteiger partial charge in [0, 0.05) is 11.0 Å². The first-order valence-electron chi connectivity index (χ1n) is 4.42. The Hall–Kier alpha value is -0.350. The van der Waals surface area contributed by atoms with Crippen molar-refractivity contribution in [1.82, 2.24) is 9.97 Å². The van der Waals surface area contributed by atoms with E-state index in [2.05, 4.69) is 25.9 Å². The predicted octanol–water partition coefficient (Wildman–Crippen LogP) is 2.99. The molecule has 1 heterocycles.